The maximum atomic E-state index is 6.36. The molecule has 50 heavy (non-hydrogen) atoms. The molecule has 0 spiro atoms. The first-order chi connectivity index (χ1) is 24.8. The zero-order valence-corrected chi connectivity index (χ0v) is 26.9. The van der Waals surface area contributed by atoms with E-state index in [0.717, 1.165) is 71.6 Å². The smallest absolute Gasteiger partial charge is 0.238 e. The van der Waals surface area contributed by atoms with Crippen LogP contribution >= 0.6 is 0 Å². The lowest BCUT2D eigenvalue weighted by Gasteiger charge is -2.11. The molecule has 0 aliphatic rings. The number of furan rings is 1. The van der Waals surface area contributed by atoms with Gasteiger partial charge in [0.1, 0.15) is 11.2 Å². The van der Waals surface area contributed by atoms with Gasteiger partial charge in [-0.2, -0.15) is 9.97 Å². The molecule has 3 heterocycles. The molecule has 10 rings (SSSR count). The fourth-order valence-electron chi connectivity index (χ4n) is 7.03. The molecule has 7 aromatic carbocycles. The van der Waals surface area contributed by atoms with Crippen LogP contribution in [0, 0.1) is 0 Å². The van der Waals surface area contributed by atoms with E-state index in [1.54, 1.807) is 0 Å². The van der Waals surface area contributed by atoms with Crippen molar-refractivity contribution in [2.45, 2.75) is 0 Å². The maximum Gasteiger partial charge on any atom is 0.238 e. The SMILES string of the molecule is c1ccc(-c2ccc3c(c2)oc2ccc(-c4ccc5c6ccccc6n(-c6nc(-c7ccccc7)nc(-c7ccccc7)n6)c5c4)cc23)cc1. The van der Waals surface area contributed by atoms with Gasteiger partial charge in [0.2, 0.25) is 5.95 Å². The topological polar surface area (TPSA) is 56.7 Å². The van der Waals surface area contributed by atoms with E-state index in [2.05, 4.69) is 108 Å². The van der Waals surface area contributed by atoms with Crippen LogP contribution in [0.1, 0.15) is 0 Å². The molecule has 0 fully saturated rings. The van der Waals surface area contributed by atoms with Crippen LogP contribution in [-0.2, 0) is 0 Å². The Labute approximate surface area is 287 Å². The largest absolute Gasteiger partial charge is 0.456 e. The first kappa shape index (κ1) is 28.2. The summed E-state index contributed by atoms with van der Waals surface area (Å²) in [7, 11) is 0. The molecule has 10 aromatic rings. The highest BCUT2D eigenvalue weighted by atomic mass is 16.3. The van der Waals surface area contributed by atoms with Crippen molar-refractivity contribution in [2.24, 2.45) is 0 Å². The number of nitrogens with zero attached hydrogens (tertiary/aromatic N) is 4. The Morgan fingerprint density at radius 1 is 0.340 bits per heavy atom. The molecule has 0 bridgehead atoms. The molecule has 5 heteroatoms. The quantitative estimate of drug-likeness (QED) is 0.188. The van der Waals surface area contributed by atoms with Crippen molar-refractivity contribution in [3.8, 4) is 51.0 Å². The van der Waals surface area contributed by atoms with Crippen LogP contribution < -0.4 is 0 Å². The summed E-state index contributed by atoms with van der Waals surface area (Å²) in [4.78, 5) is 15.1. The van der Waals surface area contributed by atoms with Gasteiger partial charge in [0.25, 0.3) is 0 Å². The molecule has 5 nitrogen and oxygen atoms in total. The van der Waals surface area contributed by atoms with Gasteiger partial charge in [-0.25, -0.2) is 4.98 Å². The van der Waals surface area contributed by atoms with E-state index in [0.29, 0.717) is 17.6 Å². The minimum atomic E-state index is 0.576. The van der Waals surface area contributed by atoms with Gasteiger partial charge in [0.15, 0.2) is 11.6 Å². The first-order valence-corrected chi connectivity index (χ1v) is 16.7. The minimum absolute atomic E-state index is 0.576. The third-order valence-corrected chi connectivity index (χ3v) is 9.47. The number of fused-ring (bicyclic) bond motifs is 6. The van der Waals surface area contributed by atoms with Crippen LogP contribution in [0.3, 0.4) is 0 Å². The van der Waals surface area contributed by atoms with Crippen LogP contribution in [-0.4, -0.2) is 19.5 Å². The third-order valence-electron chi connectivity index (χ3n) is 9.47. The summed E-state index contributed by atoms with van der Waals surface area (Å²) in [6, 6.07) is 58.7. The number of hydrogen-bond acceptors (Lipinski definition) is 4. The number of para-hydroxylation sites is 1. The van der Waals surface area contributed by atoms with Gasteiger partial charge in [-0.1, -0.05) is 133 Å². The summed E-state index contributed by atoms with van der Waals surface area (Å²) < 4.78 is 8.53. The van der Waals surface area contributed by atoms with Gasteiger partial charge in [-0.15, -0.1) is 0 Å². The second kappa shape index (κ2) is 11.4. The molecular weight excluding hydrogens is 613 g/mol. The van der Waals surface area contributed by atoms with E-state index in [4.69, 9.17) is 19.4 Å². The van der Waals surface area contributed by atoms with Gasteiger partial charge in [0, 0.05) is 32.7 Å². The molecule has 0 amide bonds. The minimum Gasteiger partial charge on any atom is -0.456 e. The standard InChI is InChI=1S/C45H28N4O/c1-4-12-29(13-5-1)34-21-24-37-38-26-32(22-25-41(38)50-42(37)28-34)33-20-23-36-35-18-10-11-19-39(35)49(40(36)27-33)45-47-43(30-14-6-2-7-15-30)46-44(48-45)31-16-8-3-9-17-31/h1-28H. The molecule has 0 saturated heterocycles. The Hall–Kier alpha value is -6.85. The molecule has 0 aliphatic heterocycles. The van der Waals surface area contributed by atoms with Crippen molar-refractivity contribution in [3.05, 3.63) is 170 Å². The lowest BCUT2D eigenvalue weighted by Crippen LogP contribution is -2.06. The highest BCUT2D eigenvalue weighted by Crippen LogP contribution is 2.38. The van der Waals surface area contributed by atoms with E-state index in [1.807, 2.05) is 66.7 Å². The van der Waals surface area contributed by atoms with Crippen LogP contribution in [0.5, 0.6) is 0 Å². The van der Waals surface area contributed by atoms with E-state index in [9.17, 15) is 0 Å². The second-order valence-electron chi connectivity index (χ2n) is 12.5. The van der Waals surface area contributed by atoms with Crippen molar-refractivity contribution < 1.29 is 4.42 Å². The van der Waals surface area contributed by atoms with E-state index in [1.165, 1.54) is 5.56 Å². The molecule has 3 aromatic heterocycles. The number of hydrogen-bond donors (Lipinski definition) is 0. The molecule has 0 radical (unpaired) electrons. The Kier molecular flexibility index (Phi) is 6.42. The van der Waals surface area contributed by atoms with Gasteiger partial charge >= 0.3 is 0 Å². The van der Waals surface area contributed by atoms with E-state index in [-0.39, 0.29) is 0 Å². The Balaban J connectivity index is 1.16. The zero-order valence-electron chi connectivity index (χ0n) is 26.9. The van der Waals surface area contributed by atoms with Crippen LogP contribution in [0.4, 0.5) is 0 Å². The number of benzene rings is 7. The molecular formula is C45H28N4O. The van der Waals surface area contributed by atoms with Gasteiger partial charge in [-0.05, 0) is 58.7 Å². The Morgan fingerprint density at radius 2 is 0.880 bits per heavy atom. The summed E-state index contributed by atoms with van der Waals surface area (Å²) >= 11 is 0. The fourth-order valence-corrected chi connectivity index (χ4v) is 7.03. The van der Waals surface area contributed by atoms with Crippen LogP contribution in [0.2, 0.25) is 0 Å². The Morgan fingerprint density at radius 3 is 1.58 bits per heavy atom. The summed E-state index contributed by atoms with van der Waals surface area (Å²) in [5.74, 6) is 1.83. The van der Waals surface area contributed by atoms with Gasteiger partial charge < -0.3 is 4.42 Å². The third kappa shape index (κ3) is 4.67. The molecule has 234 valence electrons. The van der Waals surface area contributed by atoms with Gasteiger partial charge in [0.05, 0.1) is 11.0 Å². The lowest BCUT2D eigenvalue weighted by atomic mass is 10.00. The van der Waals surface area contributed by atoms with Gasteiger partial charge in [-0.3, -0.25) is 4.57 Å². The highest BCUT2D eigenvalue weighted by molar-refractivity contribution is 6.11. The van der Waals surface area contributed by atoms with Crippen molar-refractivity contribution in [1.29, 1.82) is 0 Å². The normalized spacial score (nSPS) is 11.6. The summed E-state index contributed by atoms with van der Waals surface area (Å²) in [5.41, 5.74) is 10.2. The maximum absolute atomic E-state index is 6.36. The van der Waals surface area contributed by atoms with Crippen LogP contribution in [0.25, 0.3) is 94.7 Å². The molecule has 0 aliphatic carbocycles. The molecule has 0 N–H and O–H groups in total. The number of rotatable bonds is 5. The van der Waals surface area contributed by atoms with Crippen molar-refractivity contribution in [3.63, 3.8) is 0 Å². The van der Waals surface area contributed by atoms with Crippen molar-refractivity contribution in [2.75, 3.05) is 0 Å². The fraction of sp³-hybridized carbons (Fsp3) is 0. The second-order valence-corrected chi connectivity index (χ2v) is 12.5. The first-order valence-electron chi connectivity index (χ1n) is 16.7. The summed E-state index contributed by atoms with van der Waals surface area (Å²) in [6.45, 7) is 0. The lowest BCUT2D eigenvalue weighted by molar-refractivity contribution is 0.669. The Bertz CT molecular complexity index is 2800. The zero-order chi connectivity index (χ0) is 33.0. The summed E-state index contributed by atoms with van der Waals surface area (Å²) in [5, 5.41) is 4.47. The molecule has 0 atom stereocenters. The average molecular weight is 641 g/mol. The number of aromatic nitrogens is 4. The summed E-state index contributed by atoms with van der Waals surface area (Å²) in [6.07, 6.45) is 0. The van der Waals surface area contributed by atoms with Crippen LogP contribution in [0.15, 0.2) is 174 Å². The molecule has 0 unspecified atom stereocenters. The van der Waals surface area contributed by atoms with E-state index >= 15 is 0 Å². The van der Waals surface area contributed by atoms with Crippen molar-refractivity contribution >= 4 is 43.7 Å². The highest BCUT2D eigenvalue weighted by Gasteiger charge is 2.19. The predicted octanol–water partition coefficient (Wildman–Crippen LogP) is 11.5. The predicted molar refractivity (Wildman–Crippen MR) is 203 cm³/mol. The molecule has 0 saturated carbocycles. The van der Waals surface area contributed by atoms with E-state index < -0.39 is 0 Å². The monoisotopic (exact) mass is 640 g/mol. The average Bonchev–Trinajstić information content (AvgIpc) is 3.73. The van der Waals surface area contributed by atoms with Crippen molar-refractivity contribution in [1.82, 2.24) is 19.5 Å².